The van der Waals surface area contributed by atoms with Crippen molar-refractivity contribution in [2.45, 2.75) is 45.3 Å². The van der Waals surface area contributed by atoms with Crippen LogP contribution in [0.2, 0.25) is 0 Å². The Balaban J connectivity index is 2.16. The molecule has 0 aromatic heterocycles. The Morgan fingerprint density at radius 2 is 2.00 bits per heavy atom. The normalized spacial score (nSPS) is 22.8. The van der Waals surface area contributed by atoms with Gasteiger partial charge in [-0.2, -0.15) is 0 Å². The van der Waals surface area contributed by atoms with Crippen molar-refractivity contribution in [2.24, 2.45) is 0 Å². The summed E-state index contributed by atoms with van der Waals surface area (Å²) in [5.41, 5.74) is -0.505. The van der Waals surface area contributed by atoms with Gasteiger partial charge < -0.3 is 15.4 Å². The maximum absolute atomic E-state index is 11.4. The van der Waals surface area contributed by atoms with Crippen LogP contribution >= 0.6 is 0 Å². The molecule has 0 aromatic carbocycles. The molecule has 1 fully saturated rings. The lowest BCUT2D eigenvalue weighted by atomic mass is 10.2. The average Bonchev–Trinajstić information content (AvgIpc) is 2.20. The topological polar surface area (TPSA) is 84.5 Å². The number of carbonyl (C=O) groups is 1. The fraction of sp³-hybridized carbons (Fsp3) is 0.917. The lowest BCUT2D eigenvalue weighted by Gasteiger charge is -2.23. The maximum Gasteiger partial charge on any atom is 0.407 e. The predicted molar refractivity (Wildman–Crippen MR) is 73.9 cm³/mol. The van der Waals surface area contributed by atoms with Gasteiger partial charge in [0, 0.05) is 19.1 Å². The zero-order valence-corrected chi connectivity index (χ0v) is 12.7. The van der Waals surface area contributed by atoms with Crippen molar-refractivity contribution in [3.63, 3.8) is 0 Å². The Kier molecular flexibility index (Phi) is 5.61. The minimum Gasteiger partial charge on any atom is -0.444 e. The summed E-state index contributed by atoms with van der Waals surface area (Å²) in [4.78, 5) is 11.4. The van der Waals surface area contributed by atoms with Crippen LogP contribution < -0.4 is 10.6 Å². The number of sulfone groups is 1. The zero-order chi connectivity index (χ0) is 14.5. The molecule has 0 aliphatic carbocycles. The standard InChI is InChI=1S/C12H24N2O4S/c1-12(2,3)18-11(15)14-7-6-13-10-5-4-8-19(16,17)9-10/h10,13H,4-9H2,1-3H3,(H,14,15). The van der Waals surface area contributed by atoms with Crippen molar-refractivity contribution in [1.82, 2.24) is 10.6 Å². The van der Waals surface area contributed by atoms with Crippen LogP contribution in [0.3, 0.4) is 0 Å². The molecule has 0 bridgehead atoms. The summed E-state index contributed by atoms with van der Waals surface area (Å²) in [6.45, 7) is 6.37. The van der Waals surface area contributed by atoms with E-state index in [4.69, 9.17) is 4.74 Å². The van der Waals surface area contributed by atoms with E-state index in [2.05, 4.69) is 10.6 Å². The van der Waals surface area contributed by atoms with E-state index < -0.39 is 21.5 Å². The van der Waals surface area contributed by atoms with Gasteiger partial charge in [0.1, 0.15) is 5.60 Å². The molecule has 112 valence electrons. The number of amides is 1. The highest BCUT2D eigenvalue weighted by molar-refractivity contribution is 7.91. The molecule has 1 amide bonds. The number of ether oxygens (including phenoxy) is 1. The van der Waals surface area contributed by atoms with E-state index in [0.29, 0.717) is 25.3 Å². The number of alkyl carbamates (subject to hydrolysis) is 1. The second-order valence-corrected chi connectivity index (χ2v) is 8.07. The quantitative estimate of drug-likeness (QED) is 0.744. The molecule has 7 heteroatoms. The largest absolute Gasteiger partial charge is 0.444 e. The second-order valence-electron chi connectivity index (χ2n) is 5.84. The van der Waals surface area contributed by atoms with Crippen LogP contribution in [0, 0.1) is 0 Å². The summed E-state index contributed by atoms with van der Waals surface area (Å²) in [7, 11) is -2.88. The first-order valence-electron chi connectivity index (χ1n) is 6.59. The molecular weight excluding hydrogens is 268 g/mol. The number of carbonyl (C=O) groups excluding carboxylic acids is 1. The average molecular weight is 292 g/mol. The molecule has 6 nitrogen and oxygen atoms in total. The van der Waals surface area contributed by atoms with Gasteiger partial charge >= 0.3 is 6.09 Å². The maximum atomic E-state index is 11.4. The number of hydrogen-bond acceptors (Lipinski definition) is 5. The molecule has 1 unspecified atom stereocenters. The number of nitrogens with one attached hydrogen (secondary N) is 2. The van der Waals surface area contributed by atoms with Gasteiger partial charge in [-0.05, 0) is 33.6 Å². The van der Waals surface area contributed by atoms with Crippen molar-refractivity contribution in [2.75, 3.05) is 24.6 Å². The fourth-order valence-electron chi connectivity index (χ4n) is 1.94. The first kappa shape index (κ1) is 16.2. The number of hydrogen-bond donors (Lipinski definition) is 2. The summed E-state index contributed by atoms with van der Waals surface area (Å²) >= 11 is 0. The third-order valence-electron chi connectivity index (χ3n) is 2.69. The summed E-state index contributed by atoms with van der Waals surface area (Å²) in [6.07, 6.45) is 1.12. The summed E-state index contributed by atoms with van der Waals surface area (Å²) in [5.74, 6) is 0.487. The van der Waals surface area contributed by atoms with Crippen molar-refractivity contribution >= 4 is 15.9 Å². The summed E-state index contributed by atoms with van der Waals surface area (Å²) in [5, 5.41) is 5.77. The van der Waals surface area contributed by atoms with Gasteiger partial charge in [0.15, 0.2) is 9.84 Å². The van der Waals surface area contributed by atoms with Crippen LogP contribution in [0.1, 0.15) is 33.6 Å². The Hall–Kier alpha value is -0.820. The van der Waals surface area contributed by atoms with Crippen molar-refractivity contribution in [3.05, 3.63) is 0 Å². The number of rotatable bonds is 4. The molecule has 1 saturated heterocycles. The van der Waals surface area contributed by atoms with Crippen LogP contribution in [-0.2, 0) is 14.6 Å². The van der Waals surface area contributed by atoms with E-state index in [0.717, 1.165) is 6.42 Å². The molecule has 1 rings (SSSR count). The SMILES string of the molecule is CC(C)(C)OC(=O)NCCNC1CCCS(=O)(=O)C1. The molecule has 0 aromatic rings. The van der Waals surface area contributed by atoms with Crippen molar-refractivity contribution < 1.29 is 17.9 Å². The van der Waals surface area contributed by atoms with Crippen LogP contribution in [0.5, 0.6) is 0 Å². The van der Waals surface area contributed by atoms with Crippen LogP contribution in [0.15, 0.2) is 0 Å². The molecule has 1 heterocycles. The third kappa shape index (κ3) is 7.37. The highest BCUT2D eigenvalue weighted by atomic mass is 32.2. The molecule has 0 spiro atoms. The third-order valence-corrected chi connectivity index (χ3v) is 4.51. The Morgan fingerprint density at radius 1 is 1.32 bits per heavy atom. The lowest BCUT2D eigenvalue weighted by Crippen LogP contribution is -2.44. The zero-order valence-electron chi connectivity index (χ0n) is 11.9. The monoisotopic (exact) mass is 292 g/mol. The van der Waals surface area contributed by atoms with Gasteiger partial charge in [-0.25, -0.2) is 13.2 Å². The van der Waals surface area contributed by atoms with E-state index in [-0.39, 0.29) is 11.8 Å². The van der Waals surface area contributed by atoms with E-state index >= 15 is 0 Å². The van der Waals surface area contributed by atoms with Crippen molar-refractivity contribution in [3.8, 4) is 0 Å². The fourth-order valence-corrected chi connectivity index (χ4v) is 3.61. The first-order valence-corrected chi connectivity index (χ1v) is 8.41. The van der Waals surface area contributed by atoms with Gasteiger partial charge in [0.05, 0.1) is 11.5 Å². The molecule has 1 aliphatic rings. The second kappa shape index (κ2) is 6.56. The predicted octanol–water partition coefficient (Wildman–Crippen LogP) is 0.678. The first-order chi connectivity index (χ1) is 8.68. The molecule has 1 aliphatic heterocycles. The summed E-state index contributed by atoms with van der Waals surface area (Å²) in [6, 6.07) is -0.000753. The van der Waals surface area contributed by atoms with Crippen molar-refractivity contribution in [1.29, 1.82) is 0 Å². The van der Waals surface area contributed by atoms with Crippen LogP contribution in [-0.4, -0.2) is 50.7 Å². The Bertz CT molecular complexity index is 400. The van der Waals surface area contributed by atoms with E-state index in [9.17, 15) is 13.2 Å². The summed E-state index contributed by atoms with van der Waals surface area (Å²) < 4.78 is 27.9. The molecule has 2 N–H and O–H groups in total. The van der Waals surface area contributed by atoms with Gasteiger partial charge in [-0.3, -0.25) is 0 Å². The van der Waals surface area contributed by atoms with E-state index in [1.807, 2.05) is 0 Å². The van der Waals surface area contributed by atoms with Gasteiger partial charge in [-0.1, -0.05) is 0 Å². The highest BCUT2D eigenvalue weighted by Gasteiger charge is 2.24. The van der Waals surface area contributed by atoms with E-state index in [1.165, 1.54) is 0 Å². The molecule has 19 heavy (non-hydrogen) atoms. The van der Waals surface area contributed by atoms with Gasteiger partial charge in [0.25, 0.3) is 0 Å². The van der Waals surface area contributed by atoms with E-state index in [1.54, 1.807) is 20.8 Å². The van der Waals surface area contributed by atoms with Gasteiger partial charge in [0.2, 0.25) is 0 Å². The molecule has 0 radical (unpaired) electrons. The molecule has 0 saturated carbocycles. The highest BCUT2D eigenvalue weighted by Crippen LogP contribution is 2.11. The Morgan fingerprint density at radius 3 is 2.58 bits per heavy atom. The smallest absolute Gasteiger partial charge is 0.407 e. The minimum atomic E-state index is -2.88. The van der Waals surface area contributed by atoms with Crippen LogP contribution in [0.25, 0.3) is 0 Å². The van der Waals surface area contributed by atoms with Gasteiger partial charge in [-0.15, -0.1) is 0 Å². The Labute approximate surface area is 115 Å². The van der Waals surface area contributed by atoms with Crippen LogP contribution in [0.4, 0.5) is 4.79 Å². The minimum absolute atomic E-state index is 0.000753. The lowest BCUT2D eigenvalue weighted by molar-refractivity contribution is 0.0528. The molecule has 1 atom stereocenters. The molecular formula is C12H24N2O4S.